The highest BCUT2D eigenvalue weighted by Crippen LogP contribution is 2.65. The molecule has 2 saturated heterocycles. The number of rotatable bonds is 6. The van der Waals surface area contributed by atoms with Crippen LogP contribution in [0, 0.1) is 0 Å². The SMILES string of the molecule is CCC[C@@H](N1CCOCC1)P1(=O)N(c2ccccc2)CCN1c1ccccc1. The van der Waals surface area contributed by atoms with Gasteiger partial charge >= 0.3 is 0 Å². The van der Waals surface area contributed by atoms with Gasteiger partial charge in [-0.2, -0.15) is 0 Å². The summed E-state index contributed by atoms with van der Waals surface area (Å²) in [4.78, 5) is 2.41. The van der Waals surface area contributed by atoms with Crippen LogP contribution in [0.1, 0.15) is 19.8 Å². The van der Waals surface area contributed by atoms with Crippen LogP contribution < -0.4 is 9.34 Å². The normalized spacial score (nSPS) is 21.0. The van der Waals surface area contributed by atoms with E-state index in [-0.39, 0.29) is 5.78 Å². The molecule has 0 N–H and O–H groups in total. The van der Waals surface area contributed by atoms with E-state index in [1.54, 1.807) is 0 Å². The zero-order chi connectivity index (χ0) is 19.4. The van der Waals surface area contributed by atoms with Crippen molar-refractivity contribution in [3.05, 3.63) is 60.7 Å². The van der Waals surface area contributed by atoms with Crippen molar-refractivity contribution in [2.45, 2.75) is 25.5 Å². The Morgan fingerprint density at radius 2 is 1.36 bits per heavy atom. The van der Waals surface area contributed by atoms with Crippen LogP contribution in [0.25, 0.3) is 0 Å². The average molecular weight is 399 g/mol. The van der Waals surface area contributed by atoms with Gasteiger partial charge < -0.3 is 14.1 Å². The third-order valence-corrected chi connectivity index (χ3v) is 9.33. The molecule has 4 rings (SSSR count). The molecule has 2 heterocycles. The number of hydrogen-bond donors (Lipinski definition) is 0. The topological polar surface area (TPSA) is 36.0 Å². The molecule has 0 radical (unpaired) electrons. The molecule has 0 aromatic heterocycles. The van der Waals surface area contributed by atoms with E-state index in [0.717, 1.165) is 63.6 Å². The van der Waals surface area contributed by atoms with Crippen LogP contribution in [0.4, 0.5) is 11.4 Å². The maximum atomic E-state index is 15.0. The summed E-state index contributed by atoms with van der Waals surface area (Å²) >= 11 is 0. The smallest absolute Gasteiger partial charge is 0.279 e. The second kappa shape index (κ2) is 8.69. The molecule has 6 heteroatoms. The fraction of sp³-hybridized carbons (Fsp3) is 0.455. The molecule has 2 aromatic rings. The van der Waals surface area contributed by atoms with Crippen molar-refractivity contribution in [3.8, 4) is 0 Å². The molecule has 5 nitrogen and oxygen atoms in total. The first kappa shape index (κ1) is 19.5. The van der Waals surface area contributed by atoms with Crippen molar-refractivity contribution in [2.75, 3.05) is 48.7 Å². The van der Waals surface area contributed by atoms with Gasteiger partial charge in [0.2, 0.25) is 0 Å². The summed E-state index contributed by atoms with van der Waals surface area (Å²) < 4.78 is 25.0. The van der Waals surface area contributed by atoms with Gasteiger partial charge in [0.1, 0.15) is 5.78 Å². The highest BCUT2D eigenvalue weighted by atomic mass is 31.2. The Morgan fingerprint density at radius 3 is 1.82 bits per heavy atom. The van der Waals surface area contributed by atoms with E-state index in [9.17, 15) is 0 Å². The average Bonchev–Trinajstić information content (AvgIpc) is 3.11. The minimum Gasteiger partial charge on any atom is -0.379 e. The van der Waals surface area contributed by atoms with Crippen molar-refractivity contribution < 1.29 is 9.30 Å². The van der Waals surface area contributed by atoms with Crippen LogP contribution in [0.15, 0.2) is 60.7 Å². The lowest BCUT2D eigenvalue weighted by atomic mass is 10.3. The van der Waals surface area contributed by atoms with Crippen LogP contribution >= 0.6 is 7.44 Å². The van der Waals surface area contributed by atoms with Crippen LogP contribution in [0.3, 0.4) is 0 Å². The molecule has 2 aliphatic heterocycles. The Morgan fingerprint density at radius 1 is 0.857 bits per heavy atom. The van der Waals surface area contributed by atoms with E-state index < -0.39 is 7.44 Å². The van der Waals surface area contributed by atoms with E-state index in [2.05, 4.69) is 45.4 Å². The van der Waals surface area contributed by atoms with Gasteiger partial charge in [-0.25, -0.2) is 0 Å². The first-order valence-electron chi connectivity index (χ1n) is 10.3. The van der Waals surface area contributed by atoms with Crippen LogP contribution in [0.2, 0.25) is 0 Å². The minimum absolute atomic E-state index is 0.00399. The Bertz CT molecular complexity index is 744. The predicted octanol–water partition coefficient (Wildman–Crippen LogP) is 4.66. The first-order valence-corrected chi connectivity index (χ1v) is 12.0. The molecular weight excluding hydrogens is 369 g/mol. The van der Waals surface area contributed by atoms with Gasteiger partial charge in [-0.05, 0) is 30.7 Å². The summed E-state index contributed by atoms with van der Waals surface area (Å²) in [5.74, 6) is 0.00399. The molecule has 0 spiro atoms. The molecule has 0 amide bonds. The molecular formula is C22H30N3O2P. The fourth-order valence-corrected chi connectivity index (χ4v) is 8.25. The quantitative estimate of drug-likeness (QED) is 0.660. The number of anilines is 2. The van der Waals surface area contributed by atoms with E-state index in [1.165, 1.54) is 0 Å². The maximum Gasteiger partial charge on any atom is 0.279 e. The summed E-state index contributed by atoms with van der Waals surface area (Å²) in [6.07, 6.45) is 1.93. The van der Waals surface area contributed by atoms with E-state index in [1.807, 2.05) is 36.4 Å². The lowest BCUT2D eigenvalue weighted by molar-refractivity contribution is 0.0292. The number of nitrogens with zero attached hydrogens (tertiary/aromatic N) is 3. The van der Waals surface area contributed by atoms with Gasteiger partial charge in [0.05, 0.1) is 13.2 Å². The summed E-state index contributed by atoms with van der Waals surface area (Å²) in [7, 11) is -2.89. The van der Waals surface area contributed by atoms with Crippen LogP contribution in [0.5, 0.6) is 0 Å². The van der Waals surface area contributed by atoms with E-state index in [4.69, 9.17) is 4.74 Å². The first-order chi connectivity index (χ1) is 13.7. The van der Waals surface area contributed by atoms with Gasteiger partial charge in [-0.15, -0.1) is 0 Å². The van der Waals surface area contributed by atoms with Gasteiger partial charge in [0.25, 0.3) is 7.44 Å². The Balaban J connectivity index is 1.79. The Hall–Kier alpha value is -1.81. The molecule has 2 aromatic carbocycles. The predicted molar refractivity (Wildman–Crippen MR) is 116 cm³/mol. The van der Waals surface area contributed by atoms with Gasteiger partial charge in [0.15, 0.2) is 0 Å². The second-order valence-corrected chi connectivity index (χ2v) is 10.2. The van der Waals surface area contributed by atoms with E-state index >= 15 is 4.57 Å². The maximum absolute atomic E-state index is 15.0. The zero-order valence-corrected chi connectivity index (χ0v) is 17.5. The van der Waals surface area contributed by atoms with E-state index in [0.29, 0.717) is 0 Å². The molecule has 0 aliphatic carbocycles. The number of morpholine rings is 1. The highest BCUT2D eigenvalue weighted by Gasteiger charge is 2.50. The van der Waals surface area contributed by atoms with Gasteiger partial charge in [-0.3, -0.25) is 9.46 Å². The molecule has 28 heavy (non-hydrogen) atoms. The largest absolute Gasteiger partial charge is 0.379 e. The second-order valence-electron chi connectivity index (χ2n) is 7.42. The van der Waals surface area contributed by atoms with Gasteiger partial charge in [0, 0.05) is 37.6 Å². The third-order valence-electron chi connectivity index (χ3n) is 5.73. The van der Waals surface area contributed by atoms with Crippen molar-refractivity contribution in [1.82, 2.24) is 4.90 Å². The van der Waals surface area contributed by atoms with Crippen LogP contribution in [-0.4, -0.2) is 50.1 Å². The lowest BCUT2D eigenvalue weighted by Gasteiger charge is -2.44. The summed E-state index contributed by atoms with van der Waals surface area (Å²) in [6, 6.07) is 20.5. The molecule has 0 saturated carbocycles. The molecule has 0 bridgehead atoms. The van der Waals surface area contributed by atoms with Crippen molar-refractivity contribution in [3.63, 3.8) is 0 Å². The van der Waals surface area contributed by atoms with Gasteiger partial charge in [-0.1, -0.05) is 49.7 Å². The zero-order valence-electron chi connectivity index (χ0n) is 16.6. The summed E-state index contributed by atoms with van der Waals surface area (Å²) in [5.41, 5.74) is 2.11. The number of para-hydroxylation sites is 2. The number of hydrogen-bond acceptors (Lipinski definition) is 3. The Labute approximate surface area is 168 Å². The molecule has 0 unspecified atom stereocenters. The number of ether oxygens (including phenoxy) is 1. The standard InChI is InChI=1S/C22H30N3O2P/c1-2-9-22(23-16-18-27-19-17-23)28(26)24(20-10-5-3-6-11-20)14-15-25(28)21-12-7-4-8-13-21/h3-8,10-13,22H,2,9,14-19H2,1H3/t22-/m0/s1. The third kappa shape index (κ3) is 3.59. The summed E-state index contributed by atoms with van der Waals surface area (Å²) in [5, 5.41) is 0. The molecule has 2 aliphatic rings. The highest BCUT2D eigenvalue weighted by molar-refractivity contribution is 7.68. The lowest BCUT2D eigenvalue weighted by Crippen LogP contribution is -2.46. The molecule has 1 atom stereocenters. The minimum atomic E-state index is -2.89. The fourth-order valence-electron chi connectivity index (χ4n) is 4.41. The van der Waals surface area contributed by atoms with Crippen molar-refractivity contribution >= 4 is 18.8 Å². The van der Waals surface area contributed by atoms with Crippen LogP contribution in [-0.2, 0) is 9.30 Å². The van der Waals surface area contributed by atoms with Crippen molar-refractivity contribution in [2.24, 2.45) is 0 Å². The Kier molecular flexibility index (Phi) is 6.05. The number of benzene rings is 2. The molecule has 150 valence electrons. The monoisotopic (exact) mass is 399 g/mol. The molecule has 2 fully saturated rings. The van der Waals surface area contributed by atoms with Crippen molar-refractivity contribution in [1.29, 1.82) is 0 Å². The summed E-state index contributed by atoms with van der Waals surface area (Å²) in [6.45, 7) is 6.88.